The van der Waals surface area contributed by atoms with E-state index in [0.29, 0.717) is 5.02 Å². The number of sulfone groups is 1. The van der Waals surface area contributed by atoms with Gasteiger partial charge in [0.25, 0.3) is 0 Å². The molecular formula is C22H21ClN2O5S. The second-order valence-electron chi connectivity index (χ2n) is 6.88. The summed E-state index contributed by atoms with van der Waals surface area (Å²) >= 11 is 5.82. The fourth-order valence-corrected chi connectivity index (χ4v) is 4.57. The van der Waals surface area contributed by atoms with Crippen LogP contribution >= 0.6 is 11.6 Å². The van der Waals surface area contributed by atoms with E-state index in [-0.39, 0.29) is 23.7 Å². The van der Waals surface area contributed by atoms with Crippen LogP contribution in [-0.2, 0) is 26.0 Å². The zero-order valence-corrected chi connectivity index (χ0v) is 18.2. The van der Waals surface area contributed by atoms with Gasteiger partial charge in [-0.05, 0) is 48.9 Å². The lowest BCUT2D eigenvalue weighted by atomic mass is 10.2. The molecule has 0 aliphatic heterocycles. The van der Waals surface area contributed by atoms with Crippen molar-refractivity contribution in [1.29, 1.82) is 0 Å². The van der Waals surface area contributed by atoms with Crippen LogP contribution in [0.25, 0.3) is 0 Å². The van der Waals surface area contributed by atoms with Crippen LogP contribution in [0.1, 0.15) is 22.1 Å². The molecule has 7 nitrogen and oxygen atoms in total. The molecule has 0 radical (unpaired) electrons. The Bertz CT molecular complexity index is 1140. The van der Waals surface area contributed by atoms with Crippen molar-refractivity contribution in [3.05, 3.63) is 88.8 Å². The molecule has 162 valence electrons. The number of benzene rings is 2. The number of aryl methyl sites for hydroxylation is 1. The highest BCUT2D eigenvalue weighted by Gasteiger charge is 2.32. The standard InChI is InChI=1S/C22H21ClN2O5S/c1-15-4-10-18(11-5-15)31(28,29)20(19-3-2-12-30-19)14-25-22(27)21(26)24-13-16-6-8-17(23)9-7-16/h2-12,20H,13-14H2,1H3,(H,24,26)(H,25,27)/t20-/m1/s1. The van der Waals surface area contributed by atoms with Crippen molar-refractivity contribution in [3.8, 4) is 0 Å². The number of nitrogens with one attached hydrogen (secondary N) is 2. The first-order valence-electron chi connectivity index (χ1n) is 9.42. The Morgan fingerprint density at radius 3 is 2.23 bits per heavy atom. The lowest BCUT2D eigenvalue weighted by molar-refractivity contribution is -0.139. The number of halogens is 1. The smallest absolute Gasteiger partial charge is 0.309 e. The molecule has 0 fully saturated rings. The van der Waals surface area contributed by atoms with Crippen LogP contribution in [0.15, 0.2) is 76.2 Å². The Morgan fingerprint density at radius 2 is 1.61 bits per heavy atom. The molecule has 1 aromatic heterocycles. The summed E-state index contributed by atoms with van der Waals surface area (Å²) in [5.41, 5.74) is 1.68. The predicted octanol–water partition coefficient (Wildman–Crippen LogP) is 3.19. The van der Waals surface area contributed by atoms with E-state index >= 15 is 0 Å². The Balaban J connectivity index is 1.68. The third-order valence-corrected chi connectivity index (χ3v) is 6.93. The van der Waals surface area contributed by atoms with E-state index in [1.54, 1.807) is 42.5 Å². The van der Waals surface area contributed by atoms with Crippen LogP contribution in [0.2, 0.25) is 5.02 Å². The molecule has 0 aliphatic carbocycles. The Kier molecular flexibility index (Phi) is 7.14. The minimum Gasteiger partial charge on any atom is -0.468 e. The van der Waals surface area contributed by atoms with Gasteiger partial charge >= 0.3 is 11.8 Å². The van der Waals surface area contributed by atoms with Crippen LogP contribution in [0.5, 0.6) is 0 Å². The summed E-state index contributed by atoms with van der Waals surface area (Å²) in [6, 6.07) is 16.3. The first kappa shape index (κ1) is 22.6. The molecule has 0 unspecified atom stereocenters. The first-order chi connectivity index (χ1) is 14.8. The van der Waals surface area contributed by atoms with Gasteiger partial charge in [-0.3, -0.25) is 9.59 Å². The lowest BCUT2D eigenvalue weighted by Crippen LogP contribution is -2.42. The maximum absolute atomic E-state index is 13.1. The van der Waals surface area contributed by atoms with Gasteiger partial charge in [-0.1, -0.05) is 41.4 Å². The van der Waals surface area contributed by atoms with Crippen molar-refractivity contribution in [1.82, 2.24) is 10.6 Å². The number of rotatable bonds is 7. The fraction of sp³-hybridized carbons (Fsp3) is 0.182. The van der Waals surface area contributed by atoms with Crippen molar-refractivity contribution in [2.45, 2.75) is 23.6 Å². The third-order valence-electron chi connectivity index (χ3n) is 4.61. The van der Waals surface area contributed by atoms with Gasteiger partial charge < -0.3 is 15.1 Å². The molecule has 0 bridgehead atoms. The summed E-state index contributed by atoms with van der Waals surface area (Å²) in [7, 11) is -3.87. The molecule has 2 aromatic carbocycles. The van der Waals surface area contributed by atoms with Gasteiger partial charge in [-0.2, -0.15) is 0 Å². The van der Waals surface area contributed by atoms with Gasteiger partial charge in [0, 0.05) is 18.1 Å². The van der Waals surface area contributed by atoms with E-state index in [0.717, 1.165) is 11.1 Å². The highest BCUT2D eigenvalue weighted by atomic mass is 35.5. The minimum absolute atomic E-state index is 0.0981. The molecule has 3 rings (SSSR count). The van der Waals surface area contributed by atoms with Gasteiger partial charge in [-0.25, -0.2) is 8.42 Å². The Morgan fingerprint density at radius 1 is 0.968 bits per heavy atom. The van der Waals surface area contributed by atoms with Crippen LogP contribution < -0.4 is 10.6 Å². The molecule has 0 aliphatic rings. The molecule has 2 amide bonds. The number of amides is 2. The number of carbonyl (C=O) groups is 2. The number of hydrogen-bond acceptors (Lipinski definition) is 5. The molecular weight excluding hydrogens is 440 g/mol. The van der Waals surface area contributed by atoms with Crippen LogP contribution in [0.3, 0.4) is 0 Å². The molecule has 0 saturated carbocycles. The predicted molar refractivity (Wildman–Crippen MR) is 116 cm³/mol. The van der Waals surface area contributed by atoms with Gasteiger partial charge in [0.15, 0.2) is 9.84 Å². The highest BCUT2D eigenvalue weighted by Crippen LogP contribution is 2.29. The van der Waals surface area contributed by atoms with E-state index in [1.807, 2.05) is 6.92 Å². The molecule has 31 heavy (non-hydrogen) atoms. The molecule has 1 heterocycles. The van der Waals surface area contributed by atoms with Crippen molar-refractivity contribution in [2.75, 3.05) is 6.54 Å². The zero-order valence-electron chi connectivity index (χ0n) is 16.7. The first-order valence-corrected chi connectivity index (χ1v) is 11.3. The maximum Gasteiger partial charge on any atom is 0.309 e. The molecule has 0 saturated heterocycles. The molecule has 3 aromatic rings. The molecule has 2 N–H and O–H groups in total. The number of carbonyl (C=O) groups excluding carboxylic acids is 2. The zero-order chi connectivity index (χ0) is 22.4. The monoisotopic (exact) mass is 460 g/mol. The summed E-state index contributed by atoms with van der Waals surface area (Å²) in [5, 5.41) is 4.26. The van der Waals surface area contributed by atoms with E-state index in [2.05, 4.69) is 10.6 Å². The average Bonchev–Trinajstić information content (AvgIpc) is 3.27. The van der Waals surface area contributed by atoms with Gasteiger partial charge in [0.05, 0.1) is 11.2 Å². The van der Waals surface area contributed by atoms with Crippen LogP contribution in [0, 0.1) is 6.92 Å². The summed E-state index contributed by atoms with van der Waals surface area (Å²) in [4.78, 5) is 24.4. The normalized spacial score (nSPS) is 12.2. The van der Waals surface area contributed by atoms with Gasteiger partial charge in [0.1, 0.15) is 11.0 Å². The Hall–Kier alpha value is -3.10. The summed E-state index contributed by atoms with van der Waals surface area (Å²) in [5.74, 6) is -1.65. The molecule has 0 spiro atoms. The topological polar surface area (TPSA) is 105 Å². The molecule has 1 atom stereocenters. The lowest BCUT2D eigenvalue weighted by Gasteiger charge is -2.17. The largest absolute Gasteiger partial charge is 0.468 e. The van der Waals surface area contributed by atoms with Crippen molar-refractivity contribution in [3.63, 3.8) is 0 Å². The third kappa shape index (κ3) is 5.74. The number of hydrogen-bond donors (Lipinski definition) is 2. The maximum atomic E-state index is 13.1. The minimum atomic E-state index is -3.87. The van der Waals surface area contributed by atoms with Gasteiger partial charge in [0.2, 0.25) is 0 Å². The second-order valence-corrected chi connectivity index (χ2v) is 9.45. The summed E-state index contributed by atoms with van der Waals surface area (Å²) in [6.45, 7) is 1.66. The van der Waals surface area contributed by atoms with Crippen LogP contribution in [0.4, 0.5) is 0 Å². The van der Waals surface area contributed by atoms with E-state index in [9.17, 15) is 18.0 Å². The van der Waals surface area contributed by atoms with E-state index in [4.69, 9.17) is 16.0 Å². The van der Waals surface area contributed by atoms with Crippen LogP contribution in [-0.4, -0.2) is 26.8 Å². The van der Waals surface area contributed by atoms with Crippen molar-refractivity contribution in [2.24, 2.45) is 0 Å². The van der Waals surface area contributed by atoms with E-state index in [1.165, 1.54) is 24.5 Å². The van der Waals surface area contributed by atoms with Crippen molar-refractivity contribution < 1.29 is 22.4 Å². The SMILES string of the molecule is Cc1ccc(S(=O)(=O)[C@H](CNC(=O)C(=O)NCc2ccc(Cl)cc2)c2ccco2)cc1. The van der Waals surface area contributed by atoms with E-state index < -0.39 is 26.9 Å². The summed E-state index contributed by atoms with van der Waals surface area (Å²) in [6.07, 6.45) is 1.35. The summed E-state index contributed by atoms with van der Waals surface area (Å²) < 4.78 is 31.6. The van der Waals surface area contributed by atoms with Crippen molar-refractivity contribution >= 4 is 33.3 Å². The quantitative estimate of drug-likeness (QED) is 0.527. The second kappa shape index (κ2) is 9.80. The Labute approximate surface area is 185 Å². The molecule has 9 heteroatoms. The number of furan rings is 1. The fourth-order valence-electron chi connectivity index (χ4n) is 2.86. The highest BCUT2D eigenvalue weighted by molar-refractivity contribution is 7.91. The average molecular weight is 461 g/mol. The van der Waals surface area contributed by atoms with Gasteiger partial charge in [-0.15, -0.1) is 0 Å².